The minimum Gasteiger partial charge on any atom is -0.466 e. The Morgan fingerprint density at radius 2 is 2.03 bits per heavy atom. The van der Waals surface area contributed by atoms with Gasteiger partial charge in [-0.3, -0.25) is 14.9 Å². The molecule has 0 amide bonds. The standard InChI is InChI=1S/C20H24N4O5/c1-3-14-7-9-16(10-8-14)29-19-17(24(26)27)18(21-13-22-19)23-11-5-6-15(12-23)20(25)28-4-2/h7-10,13,15H,3-6,11-12H2,1-2H3. The largest absolute Gasteiger partial charge is 0.466 e. The second kappa shape index (κ2) is 9.31. The number of anilines is 1. The Balaban J connectivity index is 1.88. The molecule has 0 radical (unpaired) electrons. The van der Waals surface area contributed by atoms with Gasteiger partial charge in [-0.1, -0.05) is 19.1 Å². The fourth-order valence-corrected chi connectivity index (χ4v) is 3.35. The van der Waals surface area contributed by atoms with E-state index in [1.165, 1.54) is 6.33 Å². The molecule has 1 saturated heterocycles. The maximum atomic E-state index is 12.1. The van der Waals surface area contributed by atoms with Crippen molar-refractivity contribution in [3.05, 3.63) is 46.3 Å². The zero-order chi connectivity index (χ0) is 20.8. The lowest BCUT2D eigenvalue weighted by Crippen LogP contribution is -2.40. The molecule has 1 aromatic heterocycles. The van der Waals surface area contributed by atoms with Crippen LogP contribution in [0.1, 0.15) is 32.3 Å². The highest BCUT2D eigenvalue weighted by molar-refractivity contribution is 5.74. The predicted octanol–water partition coefficient (Wildman–Crippen LogP) is 3.52. The average Bonchev–Trinajstić information content (AvgIpc) is 2.74. The van der Waals surface area contributed by atoms with Crippen molar-refractivity contribution in [2.24, 2.45) is 5.92 Å². The van der Waals surface area contributed by atoms with E-state index in [-0.39, 0.29) is 29.3 Å². The summed E-state index contributed by atoms with van der Waals surface area (Å²) < 4.78 is 10.8. The first-order valence-electron chi connectivity index (χ1n) is 9.71. The number of hydrogen-bond donors (Lipinski definition) is 0. The van der Waals surface area contributed by atoms with Crippen LogP contribution in [-0.4, -0.2) is 40.6 Å². The highest BCUT2D eigenvalue weighted by atomic mass is 16.6. The lowest BCUT2D eigenvalue weighted by Gasteiger charge is -2.31. The summed E-state index contributed by atoms with van der Waals surface area (Å²) in [5.74, 6) is -0.148. The first-order valence-corrected chi connectivity index (χ1v) is 9.71. The topological polar surface area (TPSA) is 108 Å². The number of benzene rings is 1. The second-order valence-corrected chi connectivity index (χ2v) is 6.74. The number of hydrogen-bond acceptors (Lipinski definition) is 8. The molecule has 29 heavy (non-hydrogen) atoms. The number of nitrogens with zero attached hydrogens (tertiary/aromatic N) is 4. The van der Waals surface area contributed by atoms with Gasteiger partial charge in [-0.2, -0.15) is 4.98 Å². The van der Waals surface area contributed by atoms with Crippen LogP contribution in [0.25, 0.3) is 0 Å². The average molecular weight is 400 g/mol. The van der Waals surface area contributed by atoms with E-state index in [4.69, 9.17) is 9.47 Å². The number of nitro groups is 1. The first-order chi connectivity index (χ1) is 14.0. The van der Waals surface area contributed by atoms with Gasteiger partial charge in [-0.05, 0) is 43.9 Å². The molecule has 2 heterocycles. The number of carbonyl (C=O) groups excluding carboxylic acids is 1. The molecule has 1 atom stereocenters. The van der Waals surface area contributed by atoms with Crippen molar-refractivity contribution < 1.29 is 19.2 Å². The van der Waals surface area contributed by atoms with Crippen LogP contribution in [0.3, 0.4) is 0 Å². The van der Waals surface area contributed by atoms with Gasteiger partial charge in [0.05, 0.1) is 17.4 Å². The van der Waals surface area contributed by atoms with E-state index < -0.39 is 4.92 Å². The molecule has 0 saturated carbocycles. The molecule has 0 bridgehead atoms. The molecule has 9 nitrogen and oxygen atoms in total. The molecule has 1 unspecified atom stereocenters. The number of aryl methyl sites for hydroxylation is 1. The molecule has 0 aliphatic carbocycles. The van der Waals surface area contributed by atoms with Crippen LogP contribution in [0.2, 0.25) is 0 Å². The molecule has 154 valence electrons. The van der Waals surface area contributed by atoms with Gasteiger partial charge in [-0.15, -0.1) is 0 Å². The molecule has 1 aliphatic heterocycles. The molecule has 9 heteroatoms. The van der Waals surface area contributed by atoms with Crippen molar-refractivity contribution in [3.8, 4) is 11.6 Å². The summed E-state index contributed by atoms with van der Waals surface area (Å²) in [6, 6.07) is 7.31. The van der Waals surface area contributed by atoms with E-state index in [0.29, 0.717) is 38.3 Å². The number of rotatable bonds is 7. The van der Waals surface area contributed by atoms with Crippen LogP contribution >= 0.6 is 0 Å². The number of piperidine rings is 1. The maximum absolute atomic E-state index is 12.1. The lowest BCUT2D eigenvalue weighted by molar-refractivity contribution is -0.385. The summed E-state index contributed by atoms with van der Waals surface area (Å²) in [4.78, 5) is 33.2. The monoisotopic (exact) mass is 400 g/mol. The van der Waals surface area contributed by atoms with Crippen LogP contribution < -0.4 is 9.64 Å². The van der Waals surface area contributed by atoms with E-state index in [2.05, 4.69) is 9.97 Å². The van der Waals surface area contributed by atoms with Crippen molar-refractivity contribution in [1.82, 2.24) is 9.97 Å². The minimum atomic E-state index is -0.543. The number of aromatic nitrogens is 2. The van der Waals surface area contributed by atoms with Crippen LogP contribution in [0.5, 0.6) is 11.6 Å². The van der Waals surface area contributed by atoms with Crippen LogP contribution in [0.15, 0.2) is 30.6 Å². The molecule has 1 aliphatic rings. The van der Waals surface area contributed by atoms with Gasteiger partial charge in [0.2, 0.25) is 5.82 Å². The molecule has 1 aromatic carbocycles. The summed E-state index contributed by atoms with van der Waals surface area (Å²) in [7, 11) is 0. The van der Waals surface area contributed by atoms with Crippen molar-refractivity contribution >= 4 is 17.5 Å². The Kier molecular flexibility index (Phi) is 6.58. The number of ether oxygens (including phenoxy) is 2. The Morgan fingerprint density at radius 1 is 1.28 bits per heavy atom. The first kappa shape index (κ1) is 20.5. The van der Waals surface area contributed by atoms with E-state index in [0.717, 1.165) is 12.0 Å². The van der Waals surface area contributed by atoms with Gasteiger partial charge in [0.1, 0.15) is 12.1 Å². The minimum absolute atomic E-state index is 0.123. The highest BCUT2D eigenvalue weighted by Crippen LogP contribution is 2.37. The van der Waals surface area contributed by atoms with Gasteiger partial charge >= 0.3 is 17.5 Å². The summed E-state index contributed by atoms with van der Waals surface area (Å²) >= 11 is 0. The summed E-state index contributed by atoms with van der Waals surface area (Å²) in [6.07, 6.45) is 3.52. The molecular formula is C20H24N4O5. The summed E-state index contributed by atoms with van der Waals surface area (Å²) in [6.45, 7) is 4.96. The maximum Gasteiger partial charge on any atom is 0.373 e. The van der Waals surface area contributed by atoms with E-state index >= 15 is 0 Å². The Hall–Kier alpha value is -3.23. The van der Waals surface area contributed by atoms with Gasteiger partial charge in [-0.25, -0.2) is 4.98 Å². The summed E-state index contributed by atoms with van der Waals surface area (Å²) in [5, 5.41) is 11.8. The predicted molar refractivity (Wildman–Crippen MR) is 106 cm³/mol. The molecule has 2 aromatic rings. The fraction of sp³-hybridized carbons (Fsp3) is 0.450. The van der Waals surface area contributed by atoms with Crippen molar-refractivity contribution in [3.63, 3.8) is 0 Å². The van der Waals surface area contributed by atoms with Crippen molar-refractivity contribution in [1.29, 1.82) is 0 Å². The highest BCUT2D eigenvalue weighted by Gasteiger charge is 2.34. The number of esters is 1. The normalized spacial score (nSPS) is 16.3. The second-order valence-electron chi connectivity index (χ2n) is 6.74. The third kappa shape index (κ3) is 4.79. The Morgan fingerprint density at radius 3 is 2.69 bits per heavy atom. The van der Waals surface area contributed by atoms with Crippen LogP contribution in [0.4, 0.5) is 11.5 Å². The molecule has 0 spiro atoms. The fourth-order valence-electron chi connectivity index (χ4n) is 3.35. The van der Waals surface area contributed by atoms with Crippen molar-refractivity contribution in [2.45, 2.75) is 33.1 Å². The zero-order valence-electron chi connectivity index (χ0n) is 16.5. The van der Waals surface area contributed by atoms with Gasteiger partial charge in [0.15, 0.2) is 0 Å². The molecular weight excluding hydrogens is 376 g/mol. The molecule has 1 fully saturated rings. The smallest absolute Gasteiger partial charge is 0.373 e. The van der Waals surface area contributed by atoms with E-state index in [1.807, 2.05) is 19.1 Å². The van der Waals surface area contributed by atoms with E-state index in [1.54, 1.807) is 24.0 Å². The zero-order valence-corrected chi connectivity index (χ0v) is 16.5. The van der Waals surface area contributed by atoms with Gasteiger partial charge < -0.3 is 14.4 Å². The Labute approximate surface area is 168 Å². The summed E-state index contributed by atoms with van der Waals surface area (Å²) in [5.41, 5.74) is 0.824. The molecule has 3 rings (SSSR count). The van der Waals surface area contributed by atoms with E-state index in [9.17, 15) is 14.9 Å². The quantitative estimate of drug-likeness (QED) is 0.395. The van der Waals surface area contributed by atoms with Crippen LogP contribution in [-0.2, 0) is 16.0 Å². The van der Waals surface area contributed by atoms with Gasteiger partial charge in [0.25, 0.3) is 0 Å². The molecule has 0 N–H and O–H groups in total. The lowest BCUT2D eigenvalue weighted by atomic mass is 9.98. The van der Waals surface area contributed by atoms with Crippen LogP contribution in [0, 0.1) is 16.0 Å². The van der Waals surface area contributed by atoms with Crippen molar-refractivity contribution in [2.75, 3.05) is 24.6 Å². The SMILES string of the molecule is CCOC(=O)C1CCCN(c2ncnc(Oc3ccc(CC)cc3)c2[N+](=O)[O-])C1. The third-order valence-electron chi connectivity index (χ3n) is 4.84. The number of carbonyl (C=O) groups is 1. The third-order valence-corrected chi connectivity index (χ3v) is 4.84. The van der Waals surface area contributed by atoms with Gasteiger partial charge in [0, 0.05) is 13.1 Å². The Bertz CT molecular complexity index is 872.